The molecule has 0 radical (unpaired) electrons. The summed E-state index contributed by atoms with van der Waals surface area (Å²) in [5.74, 6) is -0.338. The summed E-state index contributed by atoms with van der Waals surface area (Å²) in [6.07, 6.45) is -5.91. The molecule has 228 valence electrons. The lowest BCUT2D eigenvalue weighted by molar-refractivity contribution is -0.0503. The number of aliphatic hydroxyl groups is 2. The summed E-state index contributed by atoms with van der Waals surface area (Å²) in [5.41, 5.74) is 4.29. The largest absolute Gasteiger partial charge is 0.490 e. The number of nitrogens with one attached hydrogen (secondary N) is 1. The van der Waals surface area contributed by atoms with Crippen molar-refractivity contribution in [3.05, 3.63) is 16.7 Å². The maximum atomic E-state index is 12.1. The van der Waals surface area contributed by atoms with Crippen LogP contribution in [0.15, 0.2) is 11.1 Å². The van der Waals surface area contributed by atoms with Crippen LogP contribution in [0.5, 0.6) is 0 Å². The van der Waals surface area contributed by atoms with Crippen LogP contribution in [-0.4, -0.2) is 84.0 Å². The molecule has 4 unspecified atom stereocenters. The number of aliphatic hydroxyl groups excluding tert-OH is 2. The van der Waals surface area contributed by atoms with E-state index >= 15 is 0 Å². The highest BCUT2D eigenvalue weighted by Crippen LogP contribution is 2.73. The quantitative estimate of drug-likeness (QED) is 0.107. The number of rotatable bonds is 12. The number of hydrogen-bond donors (Lipinski definition) is 10. The average Bonchev–Trinajstić information content (AvgIpc) is 3.23. The molecule has 0 spiro atoms. The predicted octanol–water partition coefficient (Wildman–Crippen LogP) is -2.10. The van der Waals surface area contributed by atoms with Gasteiger partial charge in [-0.05, 0) is 0 Å². The molecule has 2 aromatic rings. The molecule has 30 heteroatoms. The molecule has 25 nitrogen and oxygen atoms in total. The number of hydrogen-bond acceptors (Lipinski definition) is 17. The van der Waals surface area contributed by atoms with Crippen molar-refractivity contribution in [3.8, 4) is 0 Å². The van der Waals surface area contributed by atoms with Crippen LogP contribution in [0.2, 0.25) is 0 Å². The first-order chi connectivity index (χ1) is 18.0. The number of nitrogen functional groups attached to an aromatic ring is 1. The van der Waals surface area contributed by atoms with E-state index in [9.17, 15) is 52.5 Å². The Labute approximate surface area is 218 Å². The van der Waals surface area contributed by atoms with Gasteiger partial charge < -0.3 is 50.0 Å². The Morgan fingerprint density at radius 3 is 1.98 bits per heavy atom. The van der Waals surface area contributed by atoms with Gasteiger partial charge in [-0.2, -0.15) is 22.2 Å². The molecule has 8 atom stereocenters. The number of ether oxygens (including phenoxy) is 1. The molecule has 0 aromatic carbocycles. The van der Waals surface area contributed by atoms with Crippen LogP contribution in [0.3, 0.4) is 0 Å². The molecule has 3 rings (SSSR count). The molecule has 0 amide bonds. The highest BCUT2D eigenvalue weighted by Gasteiger charge is 2.49. The average molecular weight is 683 g/mol. The molecular formula is C10H18N5O20P5. The number of phosphoric acid groups is 5. The highest BCUT2D eigenvalue weighted by atomic mass is 31.3. The zero-order chi connectivity index (χ0) is 30.5. The van der Waals surface area contributed by atoms with Crippen LogP contribution in [0.25, 0.3) is 11.2 Å². The lowest BCUT2D eigenvalue weighted by Gasteiger charge is -2.20. The summed E-state index contributed by atoms with van der Waals surface area (Å²) in [7, 11) is -30.2. The smallest absolute Gasteiger partial charge is 0.387 e. The van der Waals surface area contributed by atoms with Gasteiger partial charge in [-0.15, -0.1) is 0 Å². The zero-order valence-electron chi connectivity index (χ0n) is 18.7. The predicted molar refractivity (Wildman–Crippen MR) is 120 cm³/mol. The third-order valence-electron chi connectivity index (χ3n) is 4.29. The highest BCUT2D eigenvalue weighted by molar-refractivity contribution is 7.71. The minimum absolute atomic E-state index is 0.192. The molecule has 1 saturated heterocycles. The molecule has 0 bridgehead atoms. The number of fused-ring (bicyclic) bond motifs is 1. The van der Waals surface area contributed by atoms with E-state index < -0.39 is 75.8 Å². The number of aromatic nitrogens is 4. The molecule has 1 fully saturated rings. The fourth-order valence-corrected chi connectivity index (χ4v) is 8.88. The molecule has 2 aromatic heterocycles. The van der Waals surface area contributed by atoms with Crippen molar-refractivity contribution >= 4 is 56.2 Å². The van der Waals surface area contributed by atoms with E-state index in [0.29, 0.717) is 0 Å². The van der Waals surface area contributed by atoms with Crippen molar-refractivity contribution in [1.29, 1.82) is 0 Å². The molecule has 40 heavy (non-hydrogen) atoms. The summed E-state index contributed by atoms with van der Waals surface area (Å²) >= 11 is 0. The standard InChI is InChI=1S/C10H18N5O20P5/c11-10-13-7-4(8(18)14-10)12-2-15(7)9-6(17)5(16)3(31-9)1-30-37(22,23)33-39(26,27)35-40(28,29)34-38(24,25)32-36(19,20)21/h2-3,5-6,9,16-17H,1H2,(H,22,23)(H,24,25)(H,26,27)(H,28,29)(H2,19,20,21)(H3,11,13,14,18)/t3-,5-,6-,9-/m1/s1. The van der Waals surface area contributed by atoms with Crippen molar-refractivity contribution in [2.45, 2.75) is 24.5 Å². The fraction of sp³-hybridized carbons (Fsp3) is 0.500. The van der Waals surface area contributed by atoms with Gasteiger partial charge in [-0.25, -0.2) is 27.8 Å². The second-order valence-electron chi connectivity index (χ2n) is 7.31. The van der Waals surface area contributed by atoms with Gasteiger partial charge in [0.15, 0.2) is 17.4 Å². The molecule has 1 aliphatic rings. The van der Waals surface area contributed by atoms with Gasteiger partial charge in [-0.3, -0.25) is 18.9 Å². The number of nitrogens with zero attached hydrogens (tertiary/aromatic N) is 3. The van der Waals surface area contributed by atoms with Crippen LogP contribution >= 0.6 is 39.1 Å². The maximum absolute atomic E-state index is 12.1. The van der Waals surface area contributed by atoms with E-state index in [-0.39, 0.29) is 17.1 Å². The number of nitrogens with two attached hydrogens (primary N) is 1. The second kappa shape index (κ2) is 11.4. The minimum Gasteiger partial charge on any atom is -0.387 e. The van der Waals surface area contributed by atoms with Gasteiger partial charge in [0.2, 0.25) is 5.95 Å². The van der Waals surface area contributed by atoms with E-state index in [4.69, 9.17) is 25.2 Å². The first kappa shape index (κ1) is 33.2. The lowest BCUT2D eigenvalue weighted by atomic mass is 10.1. The Morgan fingerprint density at radius 2 is 1.43 bits per heavy atom. The van der Waals surface area contributed by atoms with E-state index in [1.807, 2.05) is 0 Å². The molecule has 0 saturated carbocycles. The molecular weight excluding hydrogens is 665 g/mol. The lowest BCUT2D eigenvalue weighted by Crippen LogP contribution is -2.33. The van der Waals surface area contributed by atoms with Gasteiger partial charge in [0.05, 0.1) is 12.9 Å². The number of phosphoric ester groups is 1. The van der Waals surface area contributed by atoms with Crippen LogP contribution in [0, 0.1) is 0 Å². The van der Waals surface area contributed by atoms with Crippen LogP contribution in [-0.2, 0) is 49.3 Å². The normalized spacial score (nSPS) is 28.0. The fourth-order valence-electron chi connectivity index (χ4n) is 2.99. The van der Waals surface area contributed by atoms with Crippen molar-refractivity contribution in [2.24, 2.45) is 0 Å². The van der Waals surface area contributed by atoms with Gasteiger partial charge in [0, 0.05) is 0 Å². The van der Waals surface area contributed by atoms with E-state index in [0.717, 1.165) is 10.9 Å². The van der Waals surface area contributed by atoms with Gasteiger partial charge >= 0.3 is 39.1 Å². The summed E-state index contributed by atoms with van der Waals surface area (Å²) in [6.45, 7) is -1.18. The SMILES string of the molecule is Nc1nc2c(ncn2[C@@H]2O[C@H](COP(=O)(O)OP(=O)(O)OP(=O)(O)OP(=O)(O)OP(=O)(O)O)[C@@H](O)[C@H]2O)c(=O)[nH]1. The Balaban J connectivity index is 1.65. The third kappa shape index (κ3) is 8.63. The number of anilines is 1. The van der Waals surface area contributed by atoms with Gasteiger partial charge in [-0.1, -0.05) is 0 Å². The first-order valence-corrected chi connectivity index (χ1v) is 17.1. The van der Waals surface area contributed by atoms with E-state index in [1.165, 1.54) is 0 Å². The number of H-pyrrole nitrogens is 1. The number of imidazole rings is 1. The van der Waals surface area contributed by atoms with Crippen LogP contribution in [0.1, 0.15) is 6.23 Å². The van der Waals surface area contributed by atoms with Gasteiger partial charge in [0.1, 0.15) is 18.3 Å². The number of aromatic amines is 1. The summed E-state index contributed by atoms with van der Waals surface area (Å²) in [4.78, 5) is 76.0. The molecule has 3 heterocycles. The Hall–Kier alpha value is -1.26. The molecule has 0 aliphatic carbocycles. The zero-order valence-corrected chi connectivity index (χ0v) is 23.2. The maximum Gasteiger partial charge on any atom is 0.490 e. The van der Waals surface area contributed by atoms with Crippen molar-refractivity contribution in [3.63, 3.8) is 0 Å². The summed E-state index contributed by atoms with van der Waals surface area (Å²) in [6, 6.07) is 0. The summed E-state index contributed by atoms with van der Waals surface area (Å²) < 4.78 is 81.8. The minimum atomic E-state index is -6.28. The monoisotopic (exact) mass is 683 g/mol. The van der Waals surface area contributed by atoms with Crippen LogP contribution in [0.4, 0.5) is 5.95 Å². The Bertz CT molecular complexity index is 1570. The van der Waals surface area contributed by atoms with Crippen molar-refractivity contribution < 1.29 is 88.9 Å². The summed E-state index contributed by atoms with van der Waals surface area (Å²) in [5, 5.41) is 20.6. The molecule has 1 aliphatic heterocycles. The first-order valence-electron chi connectivity index (χ1n) is 9.60. The Kier molecular flexibility index (Phi) is 9.51. The van der Waals surface area contributed by atoms with Gasteiger partial charge in [0.25, 0.3) is 5.56 Å². The molecule has 11 N–H and O–H groups in total. The van der Waals surface area contributed by atoms with E-state index in [1.54, 1.807) is 0 Å². The third-order valence-corrected chi connectivity index (χ3v) is 11.4. The van der Waals surface area contributed by atoms with Crippen LogP contribution < -0.4 is 11.3 Å². The van der Waals surface area contributed by atoms with E-state index in [2.05, 4.69) is 36.7 Å². The Morgan fingerprint density at radius 1 is 0.900 bits per heavy atom. The second-order valence-corrected chi connectivity index (χ2v) is 14.9. The van der Waals surface area contributed by atoms with Crippen molar-refractivity contribution in [1.82, 2.24) is 19.5 Å². The van der Waals surface area contributed by atoms with Crippen molar-refractivity contribution in [2.75, 3.05) is 12.3 Å². The topological polar surface area (TPSA) is 392 Å².